The van der Waals surface area contributed by atoms with Crippen LogP contribution in [0.25, 0.3) is 0 Å². The van der Waals surface area contributed by atoms with Crippen LogP contribution in [0.2, 0.25) is 0 Å². The standard InChI is InChI=1S/C17H17IO2/c1-13(18)17(19)20-16-11-9-15(10-12-16)8-7-14-5-3-2-4-6-14/h2-6,9-13H,7-8H2,1H3. The zero-order valence-electron chi connectivity index (χ0n) is 11.4. The first-order chi connectivity index (χ1) is 9.65. The van der Waals surface area contributed by atoms with E-state index in [1.54, 1.807) is 0 Å². The van der Waals surface area contributed by atoms with Gasteiger partial charge in [0.15, 0.2) is 0 Å². The highest BCUT2D eigenvalue weighted by Crippen LogP contribution is 2.16. The predicted molar refractivity (Wildman–Crippen MR) is 89.4 cm³/mol. The molecule has 2 aromatic rings. The van der Waals surface area contributed by atoms with Crippen molar-refractivity contribution >= 4 is 28.6 Å². The number of benzene rings is 2. The molecule has 0 saturated heterocycles. The Morgan fingerprint density at radius 2 is 1.55 bits per heavy atom. The molecule has 0 bridgehead atoms. The molecular weight excluding hydrogens is 363 g/mol. The summed E-state index contributed by atoms with van der Waals surface area (Å²) in [5.41, 5.74) is 2.58. The van der Waals surface area contributed by atoms with Crippen molar-refractivity contribution in [1.82, 2.24) is 0 Å². The van der Waals surface area contributed by atoms with Crippen molar-refractivity contribution in [1.29, 1.82) is 0 Å². The van der Waals surface area contributed by atoms with Gasteiger partial charge in [-0.15, -0.1) is 0 Å². The van der Waals surface area contributed by atoms with Crippen LogP contribution in [-0.4, -0.2) is 9.89 Å². The summed E-state index contributed by atoms with van der Waals surface area (Å²) in [7, 11) is 0. The molecule has 0 heterocycles. The third-order valence-electron chi connectivity index (χ3n) is 3.01. The largest absolute Gasteiger partial charge is 0.426 e. The number of carbonyl (C=O) groups is 1. The Bertz CT molecular complexity index is 547. The molecule has 0 fully saturated rings. The maximum absolute atomic E-state index is 11.5. The minimum absolute atomic E-state index is 0.134. The molecule has 0 aromatic heterocycles. The molecule has 0 saturated carbocycles. The Morgan fingerprint density at radius 1 is 1.00 bits per heavy atom. The van der Waals surface area contributed by atoms with Crippen LogP contribution in [0.5, 0.6) is 5.75 Å². The summed E-state index contributed by atoms with van der Waals surface area (Å²) in [5, 5.41) is 0. The van der Waals surface area contributed by atoms with Gasteiger partial charge in [0.1, 0.15) is 9.67 Å². The number of aryl methyl sites for hydroxylation is 2. The SMILES string of the molecule is CC(I)C(=O)Oc1ccc(CCc2ccccc2)cc1. The van der Waals surface area contributed by atoms with E-state index >= 15 is 0 Å². The van der Waals surface area contributed by atoms with Gasteiger partial charge in [-0.05, 0) is 43.0 Å². The molecule has 0 aliphatic carbocycles. The van der Waals surface area contributed by atoms with Gasteiger partial charge in [0.2, 0.25) is 0 Å². The van der Waals surface area contributed by atoms with E-state index in [0.29, 0.717) is 5.75 Å². The number of alkyl halides is 1. The van der Waals surface area contributed by atoms with Crippen LogP contribution >= 0.6 is 22.6 Å². The summed E-state index contributed by atoms with van der Waals surface area (Å²) in [6.45, 7) is 1.82. The molecule has 2 aromatic carbocycles. The van der Waals surface area contributed by atoms with Crippen molar-refractivity contribution in [2.24, 2.45) is 0 Å². The number of carbonyl (C=O) groups excluding carboxylic acids is 1. The quantitative estimate of drug-likeness (QED) is 0.336. The number of hydrogen-bond acceptors (Lipinski definition) is 2. The van der Waals surface area contributed by atoms with E-state index in [1.165, 1.54) is 11.1 Å². The summed E-state index contributed by atoms with van der Waals surface area (Å²) in [5.74, 6) is 0.407. The van der Waals surface area contributed by atoms with E-state index < -0.39 is 0 Å². The molecule has 0 aliphatic heterocycles. The third kappa shape index (κ3) is 4.63. The number of hydrogen-bond donors (Lipinski definition) is 0. The van der Waals surface area contributed by atoms with E-state index in [-0.39, 0.29) is 9.89 Å². The van der Waals surface area contributed by atoms with Crippen LogP contribution in [-0.2, 0) is 17.6 Å². The minimum Gasteiger partial charge on any atom is -0.426 e. The first-order valence-corrected chi connectivity index (χ1v) is 7.88. The average molecular weight is 380 g/mol. The lowest BCUT2D eigenvalue weighted by Gasteiger charge is -2.07. The van der Waals surface area contributed by atoms with Gasteiger partial charge in [-0.3, -0.25) is 4.79 Å². The maximum Gasteiger partial charge on any atom is 0.323 e. The Kier molecular flexibility index (Phi) is 5.59. The van der Waals surface area contributed by atoms with Gasteiger partial charge in [-0.1, -0.05) is 65.1 Å². The molecule has 1 unspecified atom stereocenters. The van der Waals surface area contributed by atoms with E-state index in [2.05, 4.69) is 24.3 Å². The molecular formula is C17H17IO2. The summed E-state index contributed by atoms with van der Waals surface area (Å²) < 4.78 is 5.11. The number of rotatable bonds is 5. The van der Waals surface area contributed by atoms with Crippen LogP contribution in [0.4, 0.5) is 0 Å². The van der Waals surface area contributed by atoms with Gasteiger partial charge in [0.25, 0.3) is 0 Å². The minimum atomic E-state index is -0.206. The second-order valence-corrected chi connectivity index (χ2v) is 6.54. The van der Waals surface area contributed by atoms with Crippen molar-refractivity contribution in [3.63, 3.8) is 0 Å². The molecule has 0 spiro atoms. The Morgan fingerprint density at radius 3 is 2.10 bits per heavy atom. The molecule has 0 N–H and O–H groups in total. The number of esters is 1. The van der Waals surface area contributed by atoms with Crippen molar-refractivity contribution in [3.8, 4) is 5.75 Å². The van der Waals surface area contributed by atoms with Crippen molar-refractivity contribution < 1.29 is 9.53 Å². The third-order valence-corrected chi connectivity index (χ3v) is 3.52. The summed E-state index contributed by atoms with van der Waals surface area (Å²) >= 11 is 2.05. The fourth-order valence-electron chi connectivity index (χ4n) is 1.85. The molecule has 20 heavy (non-hydrogen) atoms. The van der Waals surface area contributed by atoms with Gasteiger partial charge in [0, 0.05) is 0 Å². The zero-order valence-corrected chi connectivity index (χ0v) is 13.5. The van der Waals surface area contributed by atoms with Crippen LogP contribution in [0.15, 0.2) is 54.6 Å². The van der Waals surface area contributed by atoms with Crippen molar-refractivity contribution in [3.05, 3.63) is 65.7 Å². The molecule has 3 heteroatoms. The predicted octanol–water partition coefficient (Wildman–Crippen LogP) is 4.20. The monoisotopic (exact) mass is 380 g/mol. The number of ether oxygens (including phenoxy) is 1. The van der Waals surface area contributed by atoms with Gasteiger partial charge in [-0.25, -0.2) is 0 Å². The lowest BCUT2D eigenvalue weighted by Crippen LogP contribution is -2.16. The second-order valence-electron chi connectivity index (χ2n) is 4.67. The molecule has 0 amide bonds. The van der Waals surface area contributed by atoms with Gasteiger partial charge in [-0.2, -0.15) is 0 Å². The van der Waals surface area contributed by atoms with E-state index in [0.717, 1.165) is 12.8 Å². The molecule has 0 aliphatic rings. The highest BCUT2D eigenvalue weighted by atomic mass is 127. The molecule has 0 radical (unpaired) electrons. The van der Waals surface area contributed by atoms with Gasteiger partial charge >= 0.3 is 5.97 Å². The summed E-state index contributed by atoms with van der Waals surface area (Å²) in [6.07, 6.45) is 2.01. The second kappa shape index (κ2) is 7.43. The summed E-state index contributed by atoms with van der Waals surface area (Å²) in [6, 6.07) is 18.2. The highest BCUT2D eigenvalue weighted by Gasteiger charge is 2.10. The average Bonchev–Trinajstić information content (AvgIpc) is 2.47. The van der Waals surface area contributed by atoms with Crippen LogP contribution in [0.1, 0.15) is 18.1 Å². The topological polar surface area (TPSA) is 26.3 Å². The highest BCUT2D eigenvalue weighted by molar-refractivity contribution is 14.1. The fraction of sp³-hybridized carbons (Fsp3) is 0.235. The lowest BCUT2D eigenvalue weighted by molar-refractivity contribution is -0.133. The molecule has 2 rings (SSSR count). The maximum atomic E-state index is 11.5. The zero-order chi connectivity index (χ0) is 14.4. The van der Waals surface area contributed by atoms with Crippen LogP contribution in [0, 0.1) is 0 Å². The fourth-order valence-corrected chi connectivity index (χ4v) is 1.98. The van der Waals surface area contributed by atoms with E-state index in [1.807, 2.05) is 59.8 Å². The van der Waals surface area contributed by atoms with Gasteiger partial charge < -0.3 is 4.74 Å². The first kappa shape index (κ1) is 15.0. The Labute approximate surface area is 133 Å². The van der Waals surface area contributed by atoms with Crippen molar-refractivity contribution in [2.75, 3.05) is 0 Å². The van der Waals surface area contributed by atoms with Gasteiger partial charge in [0.05, 0.1) is 0 Å². The van der Waals surface area contributed by atoms with Crippen LogP contribution in [0.3, 0.4) is 0 Å². The van der Waals surface area contributed by atoms with Crippen molar-refractivity contribution in [2.45, 2.75) is 23.7 Å². The van der Waals surface area contributed by atoms with Crippen LogP contribution < -0.4 is 4.74 Å². The number of halogens is 1. The molecule has 104 valence electrons. The smallest absolute Gasteiger partial charge is 0.323 e. The summed E-state index contributed by atoms with van der Waals surface area (Å²) in [4.78, 5) is 11.5. The normalized spacial score (nSPS) is 11.9. The molecule has 1 atom stereocenters. The Hall–Kier alpha value is -1.36. The Balaban J connectivity index is 1.90. The molecule has 2 nitrogen and oxygen atoms in total. The lowest BCUT2D eigenvalue weighted by atomic mass is 10.0. The van der Waals surface area contributed by atoms with E-state index in [4.69, 9.17) is 4.74 Å². The van der Waals surface area contributed by atoms with E-state index in [9.17, 15) is 4.79 Å². The first-order valence-electron chi connectivity index (χ1n) is 6.64.